The molecule has 5 heteroatoms. The normalized spacial score (nSPS) is 16.7. The Labute approximate surface area is 126 Å². The molecule has 2 N–H and O–H groups in total. The lowest BCUT2D eigenvalue weighted by atomic mass is 9.71. The fourth-order valence-corrected chi connectivity index (χ4v) is 3.45. The SMILES string of the molecule is CC1(CNS(=O)(=O)c2ccc(C#CCCO)cc2)CCC1. The Hall–Kier alpha value is -1.35. The molecule has 21 heavy (non-hydrogen) atoms. The van der Waals surface area contributed by atoms with Gasteiger partial charge in [-0.25, -0.2) is 13.1 Å². The molecule has 1 saturated carbocycles. The van der Waals surface area contributed by atoms with Crippen LogP contribution in [-0.4, -0.2) is 26.7 Å². The van der Waals surface area contributed by atoms with E-state index in [4.69, 9.17) is 5.11 Å². The molecule has 114 valence electrons. The summed E-state index contributed by atoms with van der Waals surface area (Å²) in [5, 5.41) is 8.65. The van der Waals surface area contributed by atoms with Gasteiger partial charge in [-0.05, 0) is 42.5 Å². The highest BCUT2D eigenvalue weighted by Gasteiger charge is 2.32. The largest absolute Gasteiger partial charge is 0.395 e. The van der Waals surface area contributed by atoms with Crippen molar-refractivity contribution in [3.63, 3.8) is 0 Å². The summed E-state index contributed by atoms with van der Waals surface area (Å²) in [6.45, 7) is 2.63. The van der Waals surface area contributed by atoms with Gasteiger partial charge in [-0.15, -0.1) is 0 Å². The zero-order valence-electron chi connectivity index (χ0n) is 12.2. The zero-order valence-corrected chi connectivity index (χ0v) is 13.0. The lowest BCUT2D eigenvalue weighted by molar-refractivity contribution is 0.166. The molecule has 0 radical (unpaired) electrons. The van der Waals surface area contributed by atoms with E-state index >= 15 is 0 Å². The number of hydrogen-bond donors (Lipinski definition) is 2. The molecule has 0 spiro atoms. The van der Waals surface area contributed by atoms with Crippen LogP contribution in [0.5, 0.6) is 0 Å². The average molecular weight is 307 g/mol. The first kappa shape index (κ1) is 16.0. The van der Waals surface area contributed by atoms with Crippen LogP contribution >= 0.6 is 0 Å². The first-order valence-corrected chi connectivity index (χ1v) is 8.63. The van der Waals surface area contributed by atoms with E-state index in [1.54, 1.807) is 24.3 Å². The van der Waals surface area contributed by atoms with Gasteiger partial charge in [-0.2, -0.15) is 0 Å². The smallest absolute Gasteiger partial charge is 0.240 e. The van der Waals surface area contributed by atoms with Crippen LogP contribution in [0, 0.1) is 17.3 Å². The molecule has 1 aromatic carbocycles. The summed E-state index contributed by atoms with van der Waals surface area (Å²) in [6.07, 6.45) is 3.75. The maximum absolute atomic E-state index is 12.2. The molecule has 0 atom stereocenters. The standard InChI is InChI=1S/C16H21NO3S/c1-16(10-4-11-16)13-17-21(19,20)15-8-6-14(7-9-15)5-2-3-12-18/h6-9,17-18H,3-4,10-13H2,1H3. The van der Waals surface area contributed by atoms with E-state index in [1.165, 1.54) is 6.42 Å². The van der Waals surface area contributed by atoms with Gasteiger partial charge in [0.1, 0.15) is 0 Å². The Balaban J connectivity index is 2.01. The van der Waals surface area contributed by atoms with E-state index in [0.717, 1.165) is 18.4 Å². The van der Waals surface area contributed by atoms with Crippen molar-refractivity contribution in [2.45, 2.75) is 37.5 Å². The molecule has 2 rings (SSSR count). The molecule has 0 saturated heterocycles. The highest BCUT2D eigenvalue weighted by atomic mass is 32.2. The van der Waals surface area contributed by atoms with Crippen LogP contribution in [0.2, 0.25) is 0 Å². The van der Waals surface area contributed by atoms with Crippen molar-refractivity contribution in [1.82, 2.24) is 4.72 Å². The van der Waals surface area contributed by atoms with Crippen LogP contribution in [0.15, 0.2) is 29.2 Å². The Kier molecular flexibility index (Phi) is 5.04. The third kappa shape index (κ3) is 4.31. The second kappa shape index (κ2) is 6.61. The van der Waals surface area contributed by atoms with Crippen molar-refractivity contribution in [2.24, 2.45) is 5.41 Å². The third-order valence-corrected chi connectivity index (χ3v) is 5.30. The second-order valence-corrected chi connectivity index (χ2v) is 7.56. The predicted octanol–water partition coefficient (Wildman–Crippen LogP) is 1.89. The summed E-state index contributed by atoms with van der Waals surface area (Å²) < 4.78 is 27.1. The minimum Gasteiger partial charge on any atom is -0.395 e. The number of benzene rings is 1. The number of aliphatic hydroxyl groups excluding tert-OH is 1. The van der Waals surface area contributed by atoms with Crippen LogP contribution in [0.1, 0.15) is 38.2 Å². The molecule has 0 amide bonds. The lowest BCUT2D eigenvalue weighted by Gasteiger charge is -2.38. The minimum absolute atomic E-state index is 0.0299. The van der Waals surface area contributed by atoms with Gasteiger partial charge in [0.25, 0.3) is 0 Å². The fraction of sp³-hybridized carbons (Fsp3) is 0.500. The van der Waals surface area contributed by atoms with E-state index < -0.39 is 10.0 Å². The van der Waals surface area contributed by atoms with Crippen molar-refractivity contribution in [1.29, 1.82) is 0 Å². The van der Waals surface area contributed by atoms with Crippen LogP contribution < -0.4 is 4.72 Å². The van der Waals surface area contributed by atoms with Crippen molar-refractivity contribution in [3.8, 4) is 11.8 Å². The predicted molar refractivity (Wildman–Crippen MR) is 82.2 cm³/mol. The highest BCUT2D eigenvalue weighted by Crippen LogP contribution is 2.39. The number of nitrogens with one attached hydrogen (secondary N) is 1. The topological polar surface area (TPSA) is 66.4 Å². The second-order valence-electron chi connectivity index (χ2n) is 5.79. The van der Waals surface area contributed by atoms with Gasteiger partial charge in [-0.3, -0.25) is 0 Å². The Bertz CT molecular complexity index is 634. The molecule has 0 unspecified atom stereocenters. The van der Waals surface area contributed by atoms with E-state index in [2.05, 4.69) is 23.5 Å². The molecule has 0 bridgehead atoms. The van der Waals surface area contributed by atoms with Gasteiger partial charge in [0.2, 0.25) is 10.0 Å². The molecular formula is C16H21NO3S. The molecule has 1 aromatic rings. The van der Waals surface area contributed by atoms with Crippen LogP contribution in [0.4, 0.5) is 0 Å². The molecule has 0 heterocycles. The number of sulfonamides is 1. The first-order chi connectivity index (χ1) is 9.95. The van der Waals surface area contributed by atoms with Gasteiger partial charge >= 0.3 is 0 Å². The average Bonchev–Trinajstić information content (AvgIpc) is 2.44. The Morgan fingerprint density at radius 2 is 1.95 bits per heavy atom. The van der Waals surface area contributed by atoms with Gasteiger partial charge in [-0.1, -0.05) is 25.2 Å². The van der Waals surface area contributed by atoms with Crippen molar-refractivity contribution in [2.75, 3.05) is 13.2 Å². The first-order valence-electron chi connectivity index (χ1n) is 7.15. The summed E-state index contributed by atoms with van der Waals surface area (Å²) in [7, 11) is -3.45. The van der Waals surface area contributed by atoms with E-state index in [-0.39, 0.29) is 16.9 Å². The Morgan fingerprint density at radius 1 is 1.29 bits per heavy atom. The zero-order chi connectivity index (χ0) is 15.3. The van der Waals surface area contributed by atoms with Gasteiger partial charge in [0, 0.05) is 18.5 Å². The molecule has 1 aliphatic carbocycles. The van der Waals surface area contributed by atoms with Crippen LogP contribution in [-0.2, 0) is 10.0 Å². The van der Waals surface area contributed by atoms with E-state index in [0.29, 0.717) is 13.0 Å². The lowest BCUT2D eigenvalue weighted by Crippen LogP contribution is -2.39. The summed E-state index contributed by atoms with van der Waals surface area (Å²) >= 11 is 0. The Morgan fingerprint density at radius 3 is 2.48 bits per heavy atom. The maximum Gasteiger partial charge on any atom is 0.240 e. The summed E-state index contributed by atoms with van der Waals surface area (Å²) in [5.74, 6) is 5.68. The molecule has 1 fully saturated rings. The third-order valence-electron chi connectivity index (χ3n) is 3.88. The van der Waals surface area contributed by atoms with Crippen LogP contribution in [0.25, 0.3) is 0 Å². The molecule has 0 aromatic heterocycles. The van der Waals surface area contributed by atoms with Gasteiger partial charge in [0.05, 0.1) is 11.5 Å². The number of aliphatic hydroxyl groups is 1. The molecule has 1 aliphatic rings. The van der Waals surface area contributed by atoms with E-state index in [9.17, 15) is 8.42 Å². The van der Waals surface area contributed by atoms with Gasteiger partial charge < -0.3 is 5.11 Å². The molecular weight excluding hydrogens is 286 g/mol. The van der Waals surface area contributed by atoms with Crippen molar-refractivity contribution >= 4 is 10.0 Å². The quantitative estimate of drug-likeness (QED) is 0.816. The molecule has 0 aliphatic heterocycles. The summed E-state index contributed by atoms with van der Waals surface area (Å²) in [5.41, 5.74) is 0.858. The maximum atomic E-state index is 12.2. The summed E-state index contributed by atoms with van der Waals surface area (Å²) in [6, 6.07) is 6.50. The number of rotatable bonds is 5. The van der Waals surface area contributed by atoms with Crippen molar-refractivity contribution < 1.29 is 13.5 Å². The summed E-state index contributed by atoms with van der Waals surface area (Å²) in [4.78, 5) is 0.262. The van der Waals surface area contributed by atoms with E-state index in [1.807, 2.05) is 0 Å². The monoisotopic (exact) mass is 307 g/mol. The van der Waals surface area contributed by atoms with Crippen molar-refractivity contribution in [3.05, 3.63) is 29.8 Å². The van der Waals surface area contributed by atoms with Crippen LogP contribution in [0.3, 0.4) is 0 Å². The fourth-order valence-electron chi connectivity index (χ4n) is 2.25. The minimum atomic E-state index is -3.45. The van der Waals surface area contributed by atoms with Gasteiger partial charge in [0.15, 0.2) is 0 Å². The number of hydrogen-bond acceptors (Lipinski definition) is 3. The molecule has 4 nitrogen and oxygen atoms in total. The highest BCUT2D eigenvalue weighted by molar-refractivity contribution is 7.89.